The predicted octanol–water partition coefficient (Wildman–Crippen LogP) is 10.8. The molecule has 0 saturated heterocycles. The summed E-state index contributed by atoms with van der Waals surface area (Å²) in [6, 6.07) is 39.2. The molecule has 44 heavy (non-hydrogen) atoms. The monoisotopic (exact) mass is 567 g/mol. The number of furan rings is 3. The topological polar surface area (TPSA) is 68.4 Å². The lowest BCUT2D eigenvalue weighted by molar-refractivity contribution is 0.667. The highest BCUT2D eigenvalue weighted by molar-refractivity contribution is 6.20. The molecule has 5 aromatic heterocycles. The molecule has 6 nitrogen and oxygen atoms in total. The van der Waals surface area contributed by atoms with Crippen molar-refractivity contribution in [1.29, 1.82) is 0 Å². The molecule has 0 aliphatic rings. The van der Waals surface area contributed by atoms with E-state index in [0.717, 1.165) is 93.9 Å². The molecule has 0 N–H and O–H groups in total. The molecule has 0 amide bonds. The molecule has 0 unspecified atom stereocenters. The Bertz CT molecular complexity index is 2750. The Morgan fingerprint density at radius 1 is 0.409 bits per heavy atom. The van der Waals surface area contributed by atoms with Gasteiger partial charge in [0.05, 0.1) is 5.69 Å². The molecule has 0 aliphatic heterocycles. The Hall–Kier alpha value is -6.14. The fourth-order valence-corrected chi connectivity index (χ4v) is 6.59. The van der Waals surface area contributed by atoms with Crippen LogP contribution in [0.4, 0.5) is 17.1 Å². The lowest BCUT2D eigenvalue weighted by atomic mass is 10.0. The van der Waals surface area contributed by atoms with Crippen LogP contribution in [0.2, 0.25) is 0 Å². The summed E-state index contributed by atoms with van der Waals surface area (Å²) in [7, 11) is 0. The zero-order valence-electron chi connectivity index (χ0n) is 23.2. The predicted molar refractivity (Wildman–Crippen MR) is 176 cm³/mol. The first-order valence-corrected chi connectivity index (χ1v) is 14.5. The molecule has 206 valence electrons. The van der Waals surface area contributed by atoms with Crippen molar-refractivity contribution in [3.63, 3.8) is 0 Å². The number of hydrogen-bond donors (Lipinski definition) is 0. The Kier molecular flexibility index (Phi) is 4.63. The first-order chi connectivity index (χ1) is 21.8. The maximum absolute atomic E-state index is 6.44. The van der Waals surface area contributed by atoms with Crippen LogP contribution in [-0.4, -0.2) is 9.97 Å². The summed E-state index contributed by atoms with van der Waals surface area (Å²) in [6.45, 7) is 0. The van der Waals surface area contributed by atoms with Crippen LogP contribution >= 0.6 is 0 Å². The molecule has 5 aromatic carbocycles. The van der Waals surface area contributed by atoms with E-state index >= 15 is 0 Å². The van der Waals surface area contributed by atoms with Gasteiger partial charge in [-0.3, -0.25) is 9.97 Å². The number of pyridine rings is 2. The Morgan fingerprint density at radius 2 is 1.05 bits per heavy atom. The minimum absolute atomic E-state index is 0.763. The van der Waals surface area contributed by atoms with Gasteiger partial charge in [-0.15, -0.1) is 0 Å². The second kappa shape index (κ2) is 8.69. The average Bonchev–Trinajstić information content (AvgIpc) is 3.76. The normalized spacial score (nSPS) is 12.1. The molecule has 0 spiro atoms. The van der Waals surface area contributed by atoms with Gasteiger partial charge in [0.25, 0.3) is 0 Å². The summed E-state index contributed by atoms with van der Waals surface area (Å²) in [5.41, 5.74) is 9.48. The van der Waals surface area contributed by atoms with E-state index in [1.165, 1.54) is 0 Å². The van der Waals surface area contributed by atoms with E-state index in [1.807, 2.05) is 42.5 Å². The minimum Gasteiger partial charge on any atom is -0.455 e. The number of para-hydroxylation sites is 1. The van der Waals surface area contributed by atoms with Crippen molar-refractivity contribution in [3.8, 4) is 0 Å². The summed E-state index contributed by atoms with van der Waals surface area (Å²) in [5, 5.41) is 6.19. The second-order valence-corrected chi connectivity index (χ2v) is 11.0. The zero-order chi connectivity index (χ0) is 28.8. The number of anilines is 3. The number of aromatic nitrogens is 2. The van der Waals surface area contributed by atoms with E-state index in [9.17, 15) is 0 Å². The molecule has 0 saturated carbocycles. The first-order valence-electron chi connectivity index (χ1n) is 14.5. The van der Waals surface area contributed by atoms with Gasteiger partial charge < -0.3 is 18.2 Å². The van der Waals surface area contributed by atoms with Crippen molar-refractivity contribution in [2.24, 2.45) is 0 Å². The Labute approximate surface area is 249 Å². The molecule has 5 heterocycles. The molecule has 0 fully saturated rings. The highest BCUT2D eigenvalue weighted by Gasteiger charge is 2.22. The third kappa shape index (κ3) is 3.25. The van der Waals surface area contributed by atoms with E-state index in [4.69, 9.17) is 13.3 Å². The van der Waals surface area contributed by atoms with Crippen LogP contribution in [0.5, 0.6) is 0 Å². The highest BCUT2D eigenvalue weighted by atomic mass is 16.3. The standard InChI is InChI=1S/C38H21N3O3/c1-2-9-26-24(7-1)30(21-28-25-8-3-4-10-31(25)44-38(26)28)41(22-14-16-32-29(19-22)37-34(42-32)12-6-18-40-37)23-13-15-27-35(20-23)43-33-11-5-17-39-36(27)33/h1-21H. The summed E-state index contributed by atoms with van der Waals surface area (Å²) < 4.78 is 18.9. The quantitative estimate of drug-likeness (QED) is 0.212. The fraction of sp³-hybridized carbons (Fsp3) is 0. The SMILES string of the molecule is c1ccc2c(c1)oc1c3ccccc3c(N(c3ccc4c(c3)oc3cccnc34)c3ccc4oc5cccnc5c4c3)cc21. The number of fused-ring (bicyclic) bond motifs is 11. The average molecular weight is 568 g/mol. The van der Waals surface area contributed by atoms with Gasteiger partial charge in [-0.2, -0.15) is 0 Å². The number of nitrogens with zero attached hydrogens (tertiary/aromatic N) is 3. The van der Waals surface area contributed by atoms with Gasteiger partial charge in [-0.1, -0.05) is 42.5 Å². The maximum Gasteiger partial charge on any atom is 0.153 e. The highest BCUT2D eigenvalue weighted by Crippen LogP contribution is 2.46. The summed E-state index contributed by atoms with van der Waals surface area (Å²) in [6.07, 6.45) is 3.60. The van der Waals surface area contributed by atoms with Gasteiger partial charge >= 0.3 is 0 Å². The largest absolute Gasteiger partial charge is 0.455 e. The van der Waals surface area contributed by atoms with Crippen LogP contribution in [0, 0.1) is 0 Å². The molecule has 0 bridgehead atoms. The van der Waals surface area contributed by atoms with E-state index in [2.05, 4.69) is 87.7 Å². The van der Waals surface area contributed by atoms with Crippen LogP contribution in [-0.2, 0) is 0 Å². The van der Waals surface area contributed by atoms with E-state index in [-0.39, 0.29) is 0 Å². The Morgan fingerprint density at radius 3 is 1.89 bits per heavy atom. The molecular weight excluding hydrogens is 546 g/mol. The summed E-state index contributed by atoms with van der Waals surface area (Å²) in [5.74, 6) is 0. The molecular formula is C38H21N3O3. The molecule has 10 aromatic rings. The summed E-state index contributed by atoms with van der Waals surface area (Å²) >= 11 is 0. The molecule has 6 heteroatoms. The third-order valence-electron chi connectivity index (χ3n) is 8.54. The van der Waals surface area contributed by atoms with Crippen molar-refractivity contribution in [2.45, 2.75) is 0 Å². The number of benzene rings is 5. The van der Waals surface area contributed by atoms with Gasteiger partial charge in [-0.25, -0.2) is 0 Å². The lowest BCUT2D eigenvalue weighted by Gasteiger charge is -2.27. The van der Waals surface area contributed by atoms with Crippen molar-refractivity contribution >= 4 is 93.9 Å². The van der Waals surface area contributed by atoms with Crippen LogP contribution in [0.1, 0.15) is 0 Å². The minimum atomic E-state index is 0.763. The van der Waals surface area contributed by atoms with Crippen LogP contribution in [0.15, 0.2) is 141 Å². The van der Waals surface area contributed by atoms with Gasteiger partial charge in [0.2, 0.25) is 0 Å². The van der Waals surface area contributed by atoms with Gasteiger partial charge in [0, 0.05) is 62.2 Å². The molecule has 10 rings (SSSR count). The van der Waals surface area contributed by atoms with E-state index in [1.54, 1.807) is 12.4 Å². The lowest BCUT2D eigenvalue weighted by Crippen LogP contribution is -2.10. The second-order valence-electron chi connectivity index (χ2n) is 11.0. The van der Waals surface area contributed by atoms with Crippen LogP contribution in [0.25, 0.3) is 76.8 Å². The maximum atomic E-state index is 6.44. The summed E-state index contributed by atoms with van der Waals surface area (Å²) in [4.78, 5) is 11.5. The van der Waals surface area contributed by atoms with Crippen LogP contribution in [0.3, 0.4) is 0 Å². The van der Waals surface area contributed by atoms with Gasteiger partial charge in [0.1, 0.15) is 33.4 Å². The van der Waals surface area contributed by atoms with E-state index in [0.29, 0.717) is 0 Å². The zero-order valence-corrected chi connectivity index (χ0v) is 23.2. The fourth-order valence-electron chi connectivity index (χ4n) is 6.59. The molecule has 0 atom stereocenters. The van der Waals surface area contributed by atoms with Crippen molar-refractivity contribution in [1.82, 2.24) is 9.97 Å². The van der Waals surface area contributed by atoms with Gasteiger partial charge in [-0.05, 0) is 66.7 Å². The number of rotatable bonds is 3. The number of hydrogen-bond acceptors (Lipinski definition) is 6. The molecule has 0 radical (unpaired) electrons. The van der Waals surface area contributed by atoms with Crippen LogP contribution < -0.4 is 4.90 Å². The molecule has 0 aliphatic carbocycles. The van der Waals surface area contributed by atoms with E-state index < -0.39 is 0 Å². The van der Waals surface area contributed by atoms with Gasteiger partial charge in [0.15, 0.2) is 11.2 Å². The smallest absolute Gasteiger partial charge is 0.153 e. The third-order valence-corrected chi connectivity index (χ3v) is 8.54. The van der Waals surface area contributed by atoms with Crippen molar-refractivity contribution in [3.05, 3.63) is 128 Å². The van der Waals surface area contributed by atoms with Crippen molar-refractivity contribution < 1.29 is 13.3 Å². The van der Waals surface area contributed by atoms with Crippen molar-refractivity contribution in [2.75, 3.05) is 4.90 Å². The first kappa shape index (κ1) is 23.4. The Balaban J connectivity index is 1.31.